The lowest BCUT2D eigenvalue weighted by Crippen LogP contribution is -2.72. The lowest BCUT2D eigenvalue weighted by atomic mass is 9.86. The third kappa shape index (κ3) is 9.25. The summed E-state index contributed by atoms with van der Waals surface area (Å²) in [6, 6.07) is -2.95. The number of rotatable bonds is 17. The Labute approximate surface area is 259 Å². The molecule has 0 unspecified atom stereocenters. The Morgan fingerprint density at radius 2 is 1.36 bits per heavy atom. The zero-order valence-electron chi connectivity index (χ0n) is 25.2. The van der Waals surface area contributed by atoms with Crippen LogP contribution in [-0.2, 0) is 33.3 Å². The predicted molar refractivity (Wildman–Crippen MR) is 149 cm³/mol. The number of carbonyl (C=O) groups is 3. The summed E-state index contributed by atoms with van der Waals surface area (Å²) >= 11 is 0. The third-order valence-electron chi connectivity index (χ3n) is 8.07. The minimum atomic E-state index is -2.40. The number of hydrogen-bond donors (Lipinski definition) is 12. The first kappa shape index (κ1) is 39.1. The van der Waals surface area contributed by atoms with Crippen molar-refractivity contribution < 1.29 is 74.2 Å². The molecule has 19 nitrogen and oxygen atoms in total. The smallest absolute Gasteiger partial charge is 0.280 e. The van der Waals surface area contributed by atoms with Crippen molar-refractivity contribution in [2.24, 2.45) is 11.5 Å². The molecule has 2 aliphatic rings. The Hall–Kier alpha value is -2.11. The molecule has 2 saturated heterocycles. The van der Waals surface area contributed by atoms with Crippen molar-refractivity contribution >= 4 is 17.7 Å². The van der Waals surface area contributed by atoms with Crippen LogP contribution in [-0.4, -0.2) is 165 Å². The molecule has 0 spiro atoms. The van der Waals surface area contributed by atoms with E-state index in [0.29, 0.717) is 19.3 Å². The van der Waals surface area contributed by atoms with Gasteiger partial charge in [-0.05, 0) is 12.8 Å². The molecule has 0 bridgehead atoms. The standard InChI is InChI=1S/C26H48N4O15/c1-42-25(23(40)29-7-5-3-4-6-16(27)37)9-13(34)18(22(45-25)20(39)15(36)11-32)30-24(41)26(43-2)8-12(33)17(28)21(44-26)19(38)14(35)10-31/h12-15,17-22,31-36,38-39H,3-11,28H2,1-2H3,(H2,27,37)(H,29,40)(H,30,41)/t12-,13-,14+,15+,17+,18+,19+,20+,21+,22+,25-,26-/m0/s1. The van der Waals surface area contributed by atoms with E-state index in [0.717, 1.165) is 14.2 Å². The summed E-state index contributed by atoms with van der Waals surface area (Å²) in [7, 11) is 2.12. The van der Waals surface area contributed by atoms with Crippen molar-refractivity contribution in [2.75, 3.05) is 34.0 Å². The molecule has 14 N–H and O–H groups in total. The van der Waals surface area contributed by atoms with Crippen molar-refractivity contribution in [3.05, 3.63) is 0 Å². The van der Waals surface area contributed by atoms with E-state index in [2.05, 4.69) is 10.6 Å². The molecule has 0 aromatic rings. The maximum absolute atomic E-state index is 13.7. The molecule has 2 heterocycles. The summed E-state index contributed by atoms with van der Waals surface area (Å²) in [6.07, 6.45) is -13.7. The van der Waals surface area contributed by atoms with Crippen LogP contribution in [0.3, 0.4) is 0 Å². The van der Waals surface area contributed by atoms with Gasteiger partial charge in [0.05, 0.1) is 37.5 Å². The molecule has 19 heteroatoms. The van der Waals surface area contributed by atoms with Crippen LogP contribution in [0.15, 0.2) is 0 Å². The highest BCUT2D eigenvalue weighted by Gasteiger charge is 2.58. The number of amides is 3. The molecule has 2 aliphatic heterocycles. The molecule has 45 heavy (non-hydrogen) atoms. The second-order valence-electron chi connectivity index (χ2n) is 11.2. The average molecular weight is 657 g/mol. The van der Waals surface area contributed by atoms with E-state index in [-0.39, 0.29) is 13.0 Å². The van der Waals surface area contributed by atoms with Gasteiger partial charge in [0.15, 0.2) is 0 Å². The van der Waals surface area contributed by atoms with Crippen LogP contribution >= 0.6 is 0 Å². The molecule has 0 saturated carbocycles. The van der Waals surface area contributed by atoms with Gasteiger partial charge in [-0.3, -0.25) is 14.4 Å². The SMILES string of the molecule is CO[C@@]1(C(=O)N[C@H]2[C@H]([C@H](O)[C@H](O)CO)O[C@](OC)(C(=O)NCCCCCC(N)=O)C[C@@H]2O)C[C@H](O)[C@@H](N)[C@H]([C@H](O)[C@H](O)CO)O1. The largest absolute Gasteiger partial charge is 0.394 e. The maximum atomic E-state index is 13.7. The number of ether oxygens (including phenoxy) is 4. The van der Waals surface area contributed by atoms with Crippen molar-refractivity contribution in [1.82, 2.24) is 10.6 Å². The first-order chi connectivity index (χ1) is 21.1. The monoisotopic (exact) mass is 656 g/mol. The molecular weight excluding hydrogens is 608 g/mol. The second-order valence-corrected chi connectivity index (χ2v) is 11.2. The van der Waals surface area contributed by atoms with Crippen LogP contribution < -0.4 is 22.1 Å². The fourth-order valence-corrected chi connectivity index (χ4v) is 5.29. The van der Waals surface area contributed by atoms with Gasteiger partial charge < -0.3 is 81.9 Å². The van der Waals surface area contributed by atoms with Gasteiger partial charge in [-0.1, -0.05) is 6.42 Å². The zero-order valence-corrected chi connectivity index (χ0v) is 25.2. The first-order valence-corrected chi connectivity index (χ1v) is 14.5. The van der Waals surface area contributed by atoms with E-state index in [4.69, 9.17) is 30.4 Å². The van der Waals surface area contributed by atoms with E-state index < -0.39 is 116 Å². The summed E-state index contributed by atoms with van der Waals surface area (Å²) in [5.74, 6) is -7.13. The molecule has 0 radical (unpaired) electrons. The number of carbonyl (C=O) groups excluding carboxylic acids is 3. The van der Waals surface area contributed by atoms with Crippen molar-refractivity contribution in [3.63, 3.8) is 0 Å². The molecule has 2 rings (SSSR count). The first-order valence-electron chi connectivity index (χ1n) is 14.5. The Morgan fingerprint density at radius 3 is 1.89 bits per heavy atom. The number of methoxy groups -OCH3 is 2. The maximum Gasteiger partial charge on any atom is 0.280 e. The van der Waals surface area contributed by atoms with Gasteiger partial charge in [0, 0.05) is 40.0 Å². The average Bonchev–Trinajstić information content (AvgIpc) is 3.02. The van der Waals surface area contributed by atoms with Gasteiger partial charge in [0.1, 0.15) is 36.6 Å². The van der Waals surface area contributed by atoms with Crippen molar-refractivity contribution in [2.45, 2.75) is 111 Å². The number of nitrogens with two attached hydrogens (primary N) is 2. The van der Waals surface area contributed by atoms with Crippen molar-refractivity contribution in [1.29, 1.82) is 0 Å². The van der Waals surface area contributed by atoms with Crippen LogP contribution in [0, 0.1) is 0 Å². The summed E-state index contributed by atoms with van der Waals surface area (Å²) < 4.78 is 22.1. The van der Waals surface area contributed by atoms with Gasteiger partial charge in [-0.15, -0.1) is 0 Å². The lowest BCUT2D eigenvalue weighted by Gasteiger charge is -2.49. The minimum absolute atomic E-state index is 0.116. The predicted octanol–water partition coefficient (Wildman–Crippen LogP) is -6.63. The molecule has 0 aromatic heterocycles. The summed E-state index contributed by atoms with van der Waals surface area (Å²) in [4.78, 5) is 37.8. The molecule has 3 amide bonds. The summed E-state index contributed by atoms with van der Waals surface area (Å²) in [6.45, 7) is -1.76. The van der Waals surface area contributed by atoms with Crippen LogP contribution in [0.1, 0.15) is 38.5 Å². The van der Waals surface area contributed by atoms with Gasteiger partial charge in [0.2, 0.25) is 5.91 Å². The number of aliphatic hydroxyl groups excluding tert-OH is 8. The Bertz CT molecular complexity index is 981. The summed E-state index contributed by atoms with van der Waals surface area (Å²) in [5, 5.41) is 86.9. The van der Waals surface area contributed by atoms with Crippen LogP contribution in [0.25, 0.3) is 0 Å². The highest BCUT2D eigenvalue weighted by molar-refractivity contribution is 5.85. The third-order valence-corrected chi connectivity index (χ3v) is 8.07. The van der Waals surface area contributed by atoms with E-state index >= 15 is 0 Å². The second kappa shape index (κ2) is 17.2. The Morgan fingerprint density at radius 1 is 0.844 bits per heavy atom. The molecule has 0 aliphatic carbocycles. The van der Waals surface area contributed by atoms with Gasteiger partial charge in [0.25, 0.3) is 23.4 Å². The lowest BCUT2D eigenvalue weighted by molar-refractivity contribution is -0.304. The quantitative estimate of drug-likeness (QED) is 0.0647. The number of unbranched alkanes of at least 4 members (excludes halogenated alkanes) is 2. The van der Waals surface area contributed by atoms with Crippen LogP contribution in [0.4, 0.5) is 0 Å². The number of nitrogens with one attached hydrogen (secondary N) is 2. The highest BCUT2D eigenvalue weighted by atomic mass is 16.7. The Balaban J connectivity index is 2.31. The van der Waals surface area contributed by atoms with E-state index in [1.54, 1.807) is 0 Å². The fraction of sp³-hybridized carbons (Fsp3) is 0.885. The molecular formula is C26H48N4O15. The van der Waals surface area contributed by atoms with Crippen LogP contribution in [0.5, 0.6) is 0 Å². The van der Waals surface area contributed by atoms with Gasteiger partial charge in [-0.2, -0.15) is 0 Å². The topological polar surface area (TPSA) is 326 Å². The number of primary amides is 1. The molecule has 2 fully saturated rings. The summed E-state index contributed by atoms with van der Waals surface area (Å²) in [5.41, 5.74) is 11.0. The van der Waals surface area contributed by atoms with Crippen molar-refractivity contribution in [3.8, 4) is 0 Å². The minimum Gasteiger partial charge on any atom is -0.394 e. The Kier molecular flexibility index (Phi) is 14.9. The van der Waals surface area contributed by atoms with Gasteiger partial charge in [-0.25, -0.2) is 0 Å². The van der Waals surface area contributed by atoms with Gasteiger partial charge >= 0.3 is 0 Å². The molecule has 262 valence electrons. The van der Waals surface area contributed by atoms with E-state index in [1.807, 2.05) is 0 Å². The highest BCUT2D eigenvalue weighted by Crippen LogP contribution is 2.36. The number of hydrogen-bond acceptors (Lipinski definition) is 16. The van der Waals surface area contributed by atoms with E-state index in [1.165, 1.54) is 0 Å². The normalized spacial score (nSPS) is 34.7. The molecule has 12 atom stereocenters. The van der Waals surface area contributed by atoms with Crippen LogP contribution in [0.2, 0.25) is 0 Å². The van der Waals surface area contributed by atoms with E-state index in [9.17, 15) is 55.2 Å². The molecule has 0 aromatic carbocycles. The number of aliphatic hydroxyl groups is 8. The fourth-order valence-electron chi connectivity index (χ4n) is 5.29. The zero-order chi connectivity index (χ0) is 34.1.